The first-order valence-corrected chi connectivity index (χ1v) is 8.52. The third-order valence-corrected chi connectivity index (χ3v) is 4.50. The van der Waals surface area contributed by atoms with Crippen molar-refractivity contribution >= 4 is 23.6 Å². The SMILES string of the molecule is NC(=O)CCC(Oc1ccc([N+](=O)[O-])c(C=O)c1)N1CCc2ccccc21. The predicted molar refractivity (Wildman–Crippen MR) is 98.8 cm³/mol. The highest BCUT2D eigenvalue weighted by Crippen LogP contribution is 2.32. The molecule has 27 heavy (non-hydrogen) atoms. The average molecular weight is 369 g/mol. The zero-order chi connectivity index (χ0) is 19.4. The van der Waals surface area contributed by atoms with Gasteiger partial charge in [-0.25, -0.2) is 0 Å². The van der Waals surface area contributed by atoms with Crippen LogP contribution >= 0.6 is 0 Å². The predicted octanol–water partition coefficient (Wildman–Crippen LogP) is 2.44. The highest BCUT2D eigenvalue weighted by atomic mass is 16.6. The van der Waals surface area contributed by atoms with Crippen LogP contribution in [0.3, 0.4) is 0 Å². The third-order valence-electron chi connectivity index (χ3n) is 4.50. The molecule has 0 spiro atoms. The zero-order valence-electron chi connectivity index (χ0n) is 14.5. The van der Waals surface area contributed by atoms with E-state index in [1.54, 1.807) is 0 Å². The van der Waals surface area contributed by atoms with Crippen LogP contribution in [-0.2, 0) is 11.2 Å². The number of ether oxygens (including phenoxy) is 1. The first-order valence-electron chi connectivity index (χ1n) is 8.52. The smallest absolute Gasteiger partial charge is 0.280 e. The summed E-state index contributed by atoms with van der Waals surface area (Å²) in [7, 11) is 0. The number of rotatable bonds is 8. The summed E-state index contributed by atoms with van der Waals surface area (Å²) in [6.45, 7) is 0.719. The Labute approximate surface area is 155 Å². The Morgan fingerprint density at radius 2 is 2.11 bits per heavy atom. The van der Waals surface area contributed by atoms with Gasteiger partial charge in [0.15, 0.2) is 12.5 Å². The molecular weight excluding hydrogens is 350 g/mol. The lowest BCUT2D eigenvalue weighted by atomic mass is 10.1. The summed E-state index contributed by atoms with van der Waals surface area (Å²) >= 11 is 0. The molecule has 1 aliphatic rings. The largest absolute Gasteiger partial charge is 0.470 e. The van der Waals surface area contributed by atoms with Gasteiger partial charge in [0.1, 0.15) is 5.75 Å². The van der Waals surface area contributed by atoms with E-state index in [1.807, 2.05) is 29.2 Å². The van der Waals surface area contributed by atoms with Crippen molar-refractivity contribution in [1.82, 2.24) is 0 Å². The quantitative estimate of drug-likeness (QED) is 0.434. The van der Waals surface area contributed by atoms with E-state index in [0.717, 1.165) is 18.7 Å². The van der Waals surface area contributed by atoms with Crippen molar-refractivity contribution in [2.75, 3.05) is 11.4 Å². The topological polar surface area (TPSA) is 116 Å². The van der Waals surface area contributed by atoms with Crippen molar-refractivity contribution in [1.29, 1.82) is 0 Å². The number of para-hydroxylation sites is 1. The van der Waals surface area contributed by atoms with Crippen molar-refractivity contribution in [3.8, 4) is 5.75 Å². The van der Waals surface area contributed by atoms with E-state index >= 15 is 0 Å². The number of primary amides is 1. The van der Waals surface area contributed by atoms with Gasteiger partial charge in [-0.15, -0.1) is 0 Å². The van der Waals surface area contributed by atoms with Gasteiger partial charge in [-0.1, -0.05) is 18.2 Å². The number of hydrogen-bond acceptors (Lipinski definition) is 6. The summed E-state index contributed by atoms with van der Waals surface area (Å²) < 4.78 is 6.02. The van der Waals surface area contributed by atoms with Crippen molar-refractivity contribution in [3.63, 3.8) is 0 Å². The lowest BCUT2D eigenvalue weighted by Crippen LogP contribution is -2.39. The molecule has 0 aromatic heterocycles. The fraction of sp³-hybridized carbons (Fsp3) is 0.263. The monoisotopic (exact) mass is 369 g/mol. The number of nitro benzene ring substituents is 1. The molecule has 0 bridgehead atoms. The maximum Gasteiger partial charge on any atom is 0.280 e. The van der Waals surface area contributed by atoms with Crippen LogP contribution in [0.1, 0.15) is 28.8 Å². The Morgan fingerprint density at radius 1 is 1.33 bits per heavy atom. The number of aldehydes is 1. The maximum absolute atomic E-state index is 11.3. The molecular formula is C19H19N3O5. The normalized spacial score (nSPS) is 13.7. The maximum atomic E-state index is 11.3. The van der Waals surface area contributed by atoms with Gasteiger partial charge in [0.05, 0.1) is 10.5 Å². The summed E-state index contributed by atoms with van der Waals surface area (Å²) in [6, 6.07) is 11.9. The van der Waals surface area contributed by atoms with E-state index in [-0.39, 0.29) is 17.7 Å². The second kappa shape index (κ2) is 7.86. The van der Waals surface area contributed by atoms with Gasteiger partial charge in [0, 0.05) is 31.1 Å². The van der Waals surface area contributed by atoms with Crippen LogP contribution in [0.2, 0.25) is 0 Å². The van der Waals surface area contributed by atoms with Crippen LogP contribution in [0.25, 0.3) is 0 Å². The minimum absolute atomic E-state index is 0.0621. The minimum Gasteiger partial charge on any atom is -0.470 e. The van der Waals surface area contributed by atoms with Crippen LogP contribution < -0.4 is 15.4 Å². The Kier molecular flexibility index (Phi) is 5.35. The molecule has 1 heterocycles. The molecule has 0 saturated heterocycles. The van der Waals surface area contributed by atoms with E-state index in [0.29, 0.717) is 18.5 Å². The third kappa shape index (κ3) is 4.05. The molecule has 0 saturated carbocycles. The number of anilines is 1. The number of benzene rings is 2. The minimum atomic E-state index is -0.616. The molecule has 3 rings (SSSR count). The highest BCUT2D eigenvalue weighted by molar-refractivity contribution is 5.82. The number of nitrogens with zero attached hydrogens (tertiary/aromatic N) is 2. The van der Waals surface area contributed by atoms with E-state index in [9.17, 15) is 19.7 Å². The van der Waals surface area contributed by atoms with Crippen molar-refractivity contribution in [2.24, 2.45) is 5.73 Å². The second-order valence-electron chi connectivity index (χ2n) is 6.25. The van der Waals surface area contributed by atoms with Crippen LogP contribution in [0.15, 0.2) is 42.5 Å². The lowest BCUT2D eigenvalue weighted by molar-refractivity contribution is -0.385. The molecule has 1 amide bonds. The summed E-state index contributed by atoms with van der Waals surface area (Å²) in [5, 5.41) is 11.0. The Hall–Kier alpha value is -3.42. The number of nitro groups is 1. The number of amides is 1. The lowest BCUT2D eigenvalue weighted by Gasteiger charge is -2.30. The summed E-state index contributed by atoms with van der Waals surface area (Å²) in [5.41, 5.74) is 7.15. The van der Waals surface area contributed by atoms with Crippen LogP contribution in [-0.4, -0.2) is 29.9 Å². The van der Waals surface area contributed by atoms with Crippen LogP contribution in [0.4, 0.5) is 11.4 Å². The second-order valence-corrected chi connectivity index (χ2v) is 6.25. The van der Waals surface area contributed by atoms with Gasteiger partial charge in [0.2, 0.25) is 5.91 Å². The van der Waals surface area contributed by atoms with Gasteiger partial charge in [-0.3, -0.25) is 19.7 Å². The van der Waals surface area contributed by atoms with Crippen molar-refractivity contribution in [3.05, 3.63) is 63.7 Å². The fourth-order valence-corrected chi connectivity index (χ4v) is 3.23. The van der Waals surface area contributed by atoms with Gasteiger partial charge in [-0.05, 0) is 30.2 Å². The molecule has 2 aromatic carbocycles. The number of hydrogen-bond donors (Lipinski definition) is 1. The molecule has 0 aliphatic carbocycles. The van der Waals surface area contributed by atoms with Crippen molar-refractivity contribution < 1.29 is 19.2 Å². The van der Waals surface area contributed by atoms with Gasteiger partial charge in [-0.2, -0.15) is 0 Å². The fourth-order valence-electron chi connectivity index (χ4n) is 3.23. The van der Waals surface area contributed by atoms with Crippen LogP contribution in [0, 0.1) is 10.1 Å². The Balaban J connectivity index is 1.87. The van der Waals surface area contributed by atoms with E-state index < -0.39 is 17.1 Å². The molecule has 1 atom stereocenters. The summed E-state index contributed by atoms with van der Waals surface area (Å²) in [6.07, 6.45) is 1.29. The average Bonchev–Trinajstić information content (AvgIpc) is 3.08. The number of fused-ring (bicyclic) bond motifs is 1. The molecule has 0 radical (unpaired) electrons. The first kappa shape index (κ1) is 18.4. The molecule has 8 nitrogen and oxygen atoms in total. The molecule has 2 aromatic rings. The van der Waals surface area contributed by atoms with E-state index in [4.69, 9.17) is 10.5 Å². The highest BCUT2D eigenvalue weighted by Gasteiger charge is 2.28. The molecule has 140 valence electrons. The molecule has 0 fully saturated rings. The molecule has 1 unspecified atom stereocenters. The molecule has 2 N–H and O–H groups in total. The van der Waals surface area contributed by atoms with Crippen molar-refractivity contribution in [2.45, 2.75) is 25.5 Å². The van der Waals surface area contributed by atoms with Gasteiger partial charge in [0.25, 0.3) is 5.69 Å². The Bertz CT molecular complexity index is 883. The first-order chi connectivity index (χ1) is 13.0. The van der Waals surface area contributed by atoms with E-state index in [2.05, 4.69) is 0 Å². The summed E-state index contributed by atoms with van der Waals surface area (Å²) in [4.78, 5) is 34.8. The van der Waals surface area contributed by atoms with Gasteiger partial charge < -0.3 is 15.4 Å². The Morgan fingerprint density at radius 3 is 2.81 bits per heavy atom. The standard InChI is InChI=1S/C19H19N3O5/c20-18(24)7-8-19(21-10-9-13-3-1-2-4-16(13)21)27-15-5-6-17(22(25)26)14(11-15)12-23/h1-6,11-12,19H,7-10H2,(H2,20,24). The van der Waals surface area contributed by atoms with Crippen LogP contribution in [0.5, 0.6) is 5.75 Å². The summed E-state index contributed by atoms with van der Waals surface area (Å²) in [5.74, 6) is -0.116. The zero-order valence-corrected chi connectivity index (χ0v) is 14.5. The van der Waals surface area contributed by atoms with Gasteiger partial charge >= 0.3 is 0 Å². The number of carbonyl (C=O) groups excluding carboxylic acids is 2. The van der Waals surface area contributed by atoms with E-state index in [1.165, 1.54) is 23.8 Å². The molecule has 8 heteroatoms. The molecule has 1 aliphatic heterocycles. The number of carbonyl (C=O) groups is 2. The number of nitrogens with two attached hydrogens (primary N) is 1.